The van der Waals surface area contributed by atoms with E-state index in [4.69, 9.17) is 5.26 Å². The number of amides is 1. The van der Waals surface area contributed by atoms with Gasteiger partial charge in [-0.3, -0.25) is 4.79 Å². The molecule has 2 aromatic carbocycles. The van der Waals surface area contributed by atoms with Crippen molar-refractivity contribution in [3.8, 4) is 17.6 Å². The maximum Gasteiger partial charge on any atom is 0.259 e. The third kappa shape index (κ3) is 2.87. The normalized spacial score (nSPS) is 9.75. The van der Waals surface area contributed by atoms with Gasteiger partial charge in [-0.2, -0.15) is 5.26 Å². The Morgan fingerprint density at radius 3 is 2.45 bits per heavy atom. The van der Waals surface area contributed by atoms with Crippen LogP contribution < -0.4 is 5.32 Å². The highest BCUT2D eigenvalue weighted by Gasteiger charge is 2.15. The molecule has 0 atom stereocenters. The number of phenols is 2. The maximum absolute atomic E-state index is 11.9. The molecule has 0 fully saturated rings. The monoisotopic (exact) mass is 268 g/mol. The highest BCUT2D eigenvalue weighted by Crippen LogP contribution is 2.25. The van der Waals surface area contributed by atoms with Crippen LogP contribution in [0.15, 0.2) is 42.5 Å². The van der Waals surface area contributed by atoms with Gasteiger partial charge in [-0.15, -0.1) is 0 Å². The van der Waals surface area contributed by atoms with Gasteiger partial charge < -0.3 is 15.5 Å². The first-order valence-corrected chi connectivity index (χ1v) is 5.90. The first-order valence-electron chi connectivity index (χ1n) is 5.90. The number of aromatic hydroxyl groups is 2. The van der Waals surface area contributed by atoms with E-state index in [0.717, 1.165) is 5.56 Å². The van der Waals surface area contributed by atoms with Gasteiger partial charge in [0.1, 0.15) is 17.1 Å². The van der Waals surface area contributed by atoms with Crippen molar-refractivity contribution >= 4 is 5.91 Å². The van der Waals surface area contributed by atoms with E-state index >= 15 is 0 Å². The van der Waals surface area contributed by atoms with Crippen LogP contribution in [0.3, 0.4) is 0 Å². The summed E-state index contributed by atoms with van der Waals surface area (Å²) in [7, 11) is 0. The number of nitrogens with zero attached hydrogens (tertiary/aromatic N) is 1. The molecule has 0 aliphatic carbocycles. The Bertz CT molecular complexity index is 670. The molecule has 0 aliphatic rings. The number of carbonyl (C=O) groups is 1. The number of hydrogen-bond donors (Lipinski definition) is 3. The minimum atomic E-state index is -0.581. The Morgan fingerprint density at radius 2 is 1.80 bits per heavy atom. The third-order valence-corrected chi connectivity index (χ3v) is 2.76. The van der Waals surface area contributed by atoms with Crippen LogP contribution in [0.2, 0.25) is 0 Å². The third-order valence-electron chi connectivity index (χ3n) is 2.76. The van der Waals surface area contributed by atoms with Crippen LogP contribution in [0.4, 0.5) is 0 Å². The number of hydrogen-bond acceptors (Lipinski definition) is 4. The average Bonchev–Trinajstić information content (AvgIpc) is 2.45. The number of carbonyl (C=O) groups excluding carboxylic acids is 1. The molecule has 0 heterocycles. The lowest BCUT2D eigenvalue weighted by atomic mass is 10.1. The number of nitrogens with one attached hydrogen (secondary N) is 1. The van der Waals surface area contributed by atoms with Gasteiger partial charge >= 0.3 is 0 Å². The van der Waals surface area contributed by atoms with Crippen molar-refractivity contribution in [3.63, 3.8) is 0 Å². The van der Waals surface area contributed by atoms with Gasteiger partial charge in [-0.25, -0.2) is 0 Å². The molecule has 100 valence electrons. The zero-order valence-corrected chi connectivity index (χ0v) is 10.5. The fraction of sp³-hybridized carbons (Fsp3) is 0.0667. The number of rotatable bonds is 3. The lowest BCUT2D eigenvalue weighted by Crippen LogP contribution is -2.23. The molecule has 0 aliphatic heterocycles. The second-order valence-corrected chi connectivity index (χ2v) is 4.17. The first-order chi connectivity index (χ1) is 9.61. The van der Waals surface area contributed by atoms with E-state index in [9.17, 15) is 15.0 Å². The van der Waals surface area contributed by atoms with E-state index in [1.54, 1.807) is 24.3 Å². The molecule has 3 N–H and O–H groups in total. The largest absolute Gasteiger partial charge is 0.507 e. The SMILES string of the molecule is N#Cc1cccc(CNC(=O)c2c(O)cccc2O)c1. The van der Waals surface area contributed by atoms with E-state index < -0.39 is 5.91 Å². The summed E-state index contributed by atoms with van der Waals surface area (Å²) in [5.41, 5.74) is 1.10. The Hall–Kier alpha value is -3.00. The maximum atomic E-state index is 11.9. The van der Waals surface area contributed by atoms with Gasteiger partial charge in [0.2, 0.25) is 0 Å². The fourth-order valence-electron chi connectivity index (χ4n) is 1.78. The van der Waals surface area contributed by atoms with E-state index in [-0.39, 0.29) is 23.6 Å². The lowest BCUT2D eigenvalue weighted by Gasteiger charge is -2.08. The quantitative estimate of drug-likeness (QED) is 0.792. The molecule has 20 heavy (non-hydrogen) atoms. The zero-order valence-electron chi connectivity index (χ0n) is 10.5. The van der Waals surface area contributed by atoms with Gasteiger partial charge in [0.15, 0.2) is 0 Å². The summed E-state index contributed by atoms with van der Waals surface area (Å²) in [4.78, 5) is 11.9. The van der Waals surface area contributed by atoms with E-state index in [1.165, 1.54) is 18.2 Å². The van der Waals surface area contributed by atoms with Crippen LogP contribution in [-0.4, -0.2) is 16.1 Å². The van der Waals surface area contributed by atoms with Crippen molar-refractivity contribution in [2.45, 2.75) is 6.54 Å². The smallest absolute Gasteiger partial charge is 0.259 e. The molecule has 0 radical (unpaired) electrons. The number of phenolic OH excluding ortho intramolecular Hbond substituents is 2. The number of benzene rings is 2. The van der Waals surface area contributed by atoms with E-state index in [0.29, 0.717) is 5.56 Å². The van der Waals surface area contributed by atoms with Crippen molar-refractivity contribution in [2.75, 3.05) is 0 Å². The molecule has 0 spiro atoms. The van der Waals surface area contributed by atoms with Crippen LogP contribution in [0.5, 0.6) is 11.5 Å². The Morgan fingerprint density at radius 1 is 1.15 bits per heavy atom. The molecule has 5 heteroatoms. The molecule has 5 nitrogen and oxygen atoms in total. The summed E-state index contributed by atoms with van der Waals surface area (Å²) in [6.07, 6.45) is 0. The van der Waals surface area contributed by atoms with Crippen molar-refractivity contribution in [2.24, 2.45) is 0 Å². The molecule has 0 unspecified atom stereocenters. The van der Waals surface area contributed by atoms with Gasteiger partial charge in [0.25, 0.3) is 5.91 Å². The lowest BCUT2D eigenvalue weighted by molar-refractivity contribution is 0.0945. The predicted molar refractivity (Wildman–Crippen MR) is 72.1 cm³/mol. The van der Waals surface area contributed by atoms with Gasteiger partial charge in [-0.05, 0) is 29.8 Å². The van der Waals surface area contributed by atoms with Crippen LogP contribution in [0.25, 0.3) is 0 Å². The predicted octanol–water partition coefficient (Wildman–Crippen LogP) is 1.90. The number of nitriles is 1. The van der Waals surface area contributed by atoms with Crippen molar-refractivity contribution in [3.05, 3.63) is 59.2 Å². The molecule has 2 rings (SSSR count). The summed E-state index contributed by atoms with van der Waals surface area (Å²) in [5.74, 6) is -1.15. The van der Waals surface area contributed by atoms with Crippen molar-refractivity contribution in [1.29, 1.82) is 5.26 Å². The van der Waals surface area contributed by atoms with Crippen LogP contribution >= 0.6 is 0 Å². The molecule has 0 aromatic heterocycles. The summed E-state index contributed by atoms with van der Waals surface area (Å²) >= 11 is 0. The fourth-order valence-corrected chi connectivity index (χ4v) is 1.78. The molecule has 0 saturated carbocycles. The second-order valence-electron chi connectivity index (χ2n) is 4.17. The van der Waals surface area contributed by atoms with E-state index in [2.05, 4.69) is 5.32 Å². The molecule has 1 amide bonds. The van der Waals surface area contributed by atoms with Gasteiger partial charge in [0, 0.05) is 6.54 Å². The minimum absolute atomic E-state index is 0.163. The molecule has 0 bridgehead atoms. The highest BCUT2D eigenvalue weighted by molar-refractivity contribution is 5.99. The summed E-state index contributed by atoms with van der Waals surface area (Å²) in [5, 5.41) is 30.5. The van der Waals surface area contributed by atoms with Gasteiger partial charge in [0.05, 0.1) is 11.6 Å². The molecular weight excluding hydrogens is 256 g/mol. The molecule has 2 aromatic rings. The highest BCUT2D eigenvalue weighted by atomic mass is 16.3. The van der Waals surface area contributed by atoms with Crippen LogP contribution in [0.1, 0.15) is 21.5 Å². The second kappa shape index (κ2) is 5.76. The van der Waals surface area contributed by atoms with Gasteiger partial charge in [-0.1, -0.05) is 18.2 Å². The standard InChI is InChI=1S/C15H12N2O3/c16-8-10-3-1-4-11(7-10)9-17-15(20)14-12(18)5-2-6-13(14)19/h1-7,18-19H,9H2,(H,17,20). The molecule has 0 saturated heterocycles. The molecular formula is C15H12N2O3. The Labute approximate surface area is 115 Å². The van der Waals surface area contributed by atoms with Crippen LogP contribution in [0, 0.1) is 11.3 Å². The summed E-state index contributed by atoms with van der Waals surface area (Å²) < 4.78 is 0. The minimum Gasteiger partial charge on any atom is -0.507 e. The summed E-state index contributed by atoms with van der Waals surface area (Å²) in [6.45, 7) is 0.197. The first kappa shape index (κ1) is 13.4. The van der Waals surface area contributed by atoms with Crippen molar-refractivity contribution < 1.29 is 15.0 Å². The average molecular weight is 268 g/mol. The topological polar surface area (TPSA) is 93.4 Å². The Kier molecular flexibility index (Phi) is 3.87. The van der Waals surface area contributed by atoms with Crippen molar-refractivity contribution in [1.82, 2.24) is 5.32 Å². The zero-order chi connectivity index (χ0) is 14.5. The van der Waals surface area contributed by atoms with E-state index in [1.807, 2.05) is 6.07 Å². The Balaban J connectivity index is 2.11. The van der Waals surface area contributed by atoms with Crippen LogP contribution in [-0.2, 0) is 6.54 Å². The summed E-state index contributed by atoms with van der Waals surface area (Å²) in [6, 6.07) is 12.9.